The van der Waals surface area contributed by atoms with Crippen LogP contribution in [0.1, 0.15) is 31.4 Å². The fourth-order valence-electron chi connectivity index (χ4n) is 2.12. The SMILES string of the molecule is CC(Nc1ccc(NC(=O)C2CC2)cc1)c1csc(Cl)c1. The summed E-state index contributed by atoms with van der Waals surface area (Å²) >= 11 is 7.50. The maximum Gasteiger partial charge on any atom is 0.227 e. The van der Waals surface area contributed by atoms with Crippen molar-refractivity contribution in [2.75, 3.05) is 10.6 Å². The van der Waals surface area contributed by atoms with E-state index in [1.165, 1.54) is 16.9 Å². The molecule has 1 fully saturated rings. The Morgan fingerprint density at radius 3 is 2.52 bits per heavy atom. The topological polar surface area (TPSA) is 41.1 Å². The molecule has 2 aromatic rings. The molecule has 1 saturated carbocycles. The molecule has 1 aliphatic rings. The van der Waals surface area contributed by atoms with Crippen LogP contribution in [-0.4, -0.2) is 5.91 Å². The van der Waals surface area contributed by atoms with Gasteiger partial charge in [0, 0.05) is 23.3 Å². The van der Waals surface area contributed by atoms with Crippen molar-refractivity contribution in [2.24, 2.45) is 5.92 Å². The summed E-state index contributed by atoms with van der Waals surface area (Å²) in [7, 11) is 0. The standard InChI is InChI=1S/C16H17ClN2OS/c1-10(12-8-15(17)21-9-12)18-13-4-6-14(7-5-13)19-16(20)11-2-3-11/h4-11,18H,2-3H2,1H3,(H,19,20). The number of rotatable bonds is 5. The number of anilines is 2. The second-order valence-electron chi connectivity index (χ2n) is 5.39. The molecular weight excluding hydrogens is 304 g/mol. The van der Waals surface area contributed by atoms with Crippen LogP contribution in [0.2, 0.25) is 4.34 Å². The Balaban J connectivity index is 1.59. The first-order chi connectivity index (χ1) is 10.1. The van der Waals surface area contributed by atoms with Gasteiger partial charge in [-0.3, -0.25) is 4.79 Å². The molecule has 21 heavy (non-hydrogen) atoms. The van der Waals surface area contributed by atoms with Gasteiger partial charge in [0.2, 0.25) is 5.91 Å². The van der Waals surface area contributed by atoms with Crippen molar-refractivity contribution < 1.29 is 4.79 Å². The van der Waals surface area contributed by atoms with Crippen LogP contribution in [0.4, 0.5) is 11.4 Å². The van der Waals surface area contributed by atoms with Crippen LogP contribution in [0.25, 0.3) is 0 Å². The molecule has 5 heteroatoms. The highest BCUT2D eigenvalue weighted by Gasteiger charge is 2.29. The molecule has 1 aliphatic carbocycles. The summed E-state index contributed by atoms with van der Waals surface area (Å²) in [5.41, 5.74) is 3.05. The predicted molar refractivity (Wildman–Crippen MR) is 89.2 cm³/mol. The molecule has 1 heterocycles. The zero-order valence-electron chi connectivity index (χ0n) is 11.7. The molecule has 1 unspecified atom stereocenters. The minimum atomic E-state index is 0.136. The van der Waals surface area contributed by atoms with Crippen LogP contribution in [-0.2, 0) is 4.79 Å². The van der Waals surface area contributed by atoms with Gasteiger partial charge in [0.15, 0.2) is 0 Å². The van der Waals surface area contributed by atoms with Crippen molar-refractivity contribution in [1.82, 2.24) is 0 Å². The fraction of sp³-hybridized carbons (Fsp3) is 0.312. The van der Waals surface area contributed by atoms with E-state index in [0.29, 0.717) is 0 Å². The van der Waals surface area contributed by atoms with E-state index in [2.05, 4.69) is 22.9 Å². The highest BCUT2D eigenvalue weighted by Crippen LogP contribution is 2.31. The molecule has 1 atom stereocenters. The first-order valence-corrected chi connectivity index (χ1v) is 8.29. The normalized spacial score (nSPS) is 15.5. The minimum Gasteiger partial charge on any atom is -0.378 e. The number of amides is 1. The van der Waals surface area contributed by atoms with Gasteiger partial charge >= 0.3 is 0 Å². The molecule has 0 radical (unpaired) electrons. The van der Waals surface area contributed by atoms with E-state index >= 15 is 0 Å². The smallest absolute Gasteiger partial charge is 0.227 e. The lowest BCUT2D eigenvalue weighted by molar-refractivity contribution is -0.117. The fourth-order valence-corrected chi connectivity index (χ4v) is 3.11. The maximum atomic E-state index is 11.7. The lowest BCUT2D eigenvalue weighted by Crippen LogP contribution is -2.13. The molecule has 3 rings (SSSR count). The number of halogens is 1. The summed E-state index contributed by atoms with van der Waals surface area (Å²) in [6.45, 7) is 2.10. The summed E-state index contributed by atoms with van der Waals surface area (Å²) in [6.07, 6.45) is 2.04. The number of benzene rings is 1. The molecule has 1 aromatic carbocycles. The molecule has 1 aromatic heterocycles. The maximum absolute atomic E-state index is 11.7. The van der Waals surface area contributed by atoms with E-state index in [-0.39, 0.29) is 17.9 Å². The summed E-state index contributed by atoms with van der Waals surface area (Å²) in [4.78, 5) is 11.7. The van der Waals surface area contributed by atoms with Gasteiger partial charge < -0.3 is 10.6 Å². The monoisotopic (exact) mass is 320 g/mol. The van der Waals surface area contributed by atoms with Gasteiger partial charge in [0.25, 0.3) is 0 Å². The van der Waals surface area contributed by atoms with E-state index in [1.807, 2.05) is 30.3 Å². The third-order valence-corrected chi connectivity index (χ3v) is 4.68. The molecule has 110 valence electrons. The third kappa shape index (κ3) is 3.77. The first kappa shape index (κ1) is 14.4. The van der Waals surface area contributed by atoms with Crippen LogP contribution < -0.4 is 10.6 Å². The van der Waals surface area contributed by atoms with Crippen molar-refractivity contribution >= 4 is 40.2 Å². The Bertz CT molecular complexity index is 634. The molecule has 0 bridgehead atoms. The second kappa shape index (κ2) is 6.08. The van der Waals surface area contributed by atoms with E-state index < -0.39 is 0 Å². The Labute approximate surface area is 133 Å². The predicted octanol–water partition coefficient (Wildman–Crippen LogP) is 4.92. The lowest BCUT2D eigenvalue weighted by atomic mass is 10.1. The van der Waals surface area contributed by atoms with Gasteiger partial charge in [0.1, 0.15) is 0 Å². The number of carbonyl (C=O) groups excluding carboxylic acids is 1. The molecule has 0 spiro atoms. The summed E-state index contributed by atoms with van der Waals surface area (Å²) in [5, 5.41) is 8.42. The number of thiophene rings is 1. The molecule has 3 nitrogen and oxygen atoms in total. The molecule has 1 amide bonds. The van der Waals surface area contributed by atoms with E-state index in [9.17, 15) is 4.79 Å². The van der Waals surface area contributed by atoms with Crippen molar-refractivity contribution in [3.8, 4) is 0 Å². The van der Waals surface area contributed by atoms with Gasteiger partial charge in [-0.25, -0.2) is 0 Å². The van der Waals surface area contributed by atoms with Gasteiger partial charge in [-0.15, -0.1) is 11.3 Å². The number of carbonyl (C=O) groups is 1. The van der Waals surface area contributed by atoms with Crippen molar-refractivity contribution in [3.63, 3.8) is 0 Å². The zero-order chi connectivity index (χ0) is 14.8. The summed E-state index contributed by atoms with van der Waals surface area (Å²) < 4.78 is 0.803. The van der Waals surface area contributed by atoms with Crippen LogP contribution >= 0.6 is 22.9 Å². The number of nitrogens with one attached hydrogen (secondary N) is 2. The summed E-state index contributed by atoms with van der Waals surface area (Å²) in [6, 6.07) is 9.99. The number of hydrogen-bond acceptors (Lipinski definition) is 3. The van der Waals surface area contributed by atoms with E-state index in [0.717, 1.165) is 28.6 Å². The quantitative estimate of drug-likeness (QED) is 0.820. The highest BCUT2D eigenvalue weighted by molar-refractivity contribution is 7.14. The summed E-state index contributed by atoms with van der Waals surface area (Å²) in [5.74, 6) is 0.364. The lowest BCUT2D eigenvalue weighted by Gasteiger charge is -2.14. The first-order valence-electron chi connectivity index (χ1n) is 7.03. The Morgan fingerprint density at radius 1 is 1.29 bits per heavy atom. The third-order valence-electron chi connectivity index (χ3n) is 3.57. The average molecular weight is 321 g/mol. The van der Waals surface area contributed by atoms with Crippen molar-refractivity contribution in [2.45, 2.75) is 25.8 Å². The molecule has 0 saturated heterocycles. The molecule has 2 N–H and O–H groups in total. The van der Waals surface area contributed by atoms with Crippen LogP contribution in [0.5, 0.6) is 0 Å². The van der Waals surface area contributed by atoms with Crippen LogP contribution in [0.3, 0.4) is 0 Å². The van der Waals surface area contributed by atoms with Crippen LogP contribution in [0, 0.1) is 5.92 Å². The van der Waals surface area contributed by atoms with Gasteiger partial charge in [0.05, 0.1) is 4.34 Å². The van der Waals surface area contributed by atoms with E-state index in [4.69, 9.17) is 11.6 Å². The second-order valence-corrected chi connectivity index (χ2v) is 6.93. The highest BCUT2D eigenvalue weighted by atomic mass is 35.5. The molecule has 0 aliphatic heterocycles. The number of hydrogen-bond donors (Lipinski definition) is 2. The van der Waals surface area contributed by atoms with Gasteiger partial charge in [-0.1, -0.05) is 11.6 Å². The van der Waals surface area contributed by atoms with Gasteiger partial charge in [-0.05, 0) is 61.0 Å². The minimum absolute atomic E-state index is 0.136. The van der Waals surface area contributed by atoms with Gasteiger partial charge in [-0.2, -0.15) is 0 Å². The largest absolute Gasteiger partial charge is 0.378 e. The zero-order valence-corrected chi connectivity index (χ0v) is 13.3. The van der Waals surface area contributed by atoms with Crippen LogP contribution in [0.15, 0.2) is 35.7 Å². The average Bonchev–Trinajstić information content (AvgIpc) is 3.23. The van der Waals surface area contributed by atoms with Crippen molar-refractivity contribution in [1.29, 1.82) is 0 Å². The Hall–Kier alpha value is -1.52. The molecular formula is C16H17ClN2OS. The Morgan fingerprint density at radius 2 is 1.95 bits per heavy atom. The van der Waals surface area contributed by atoms with Crippen molar-refractivity contribution in [3.05, 3.63) is 45.6 Å². The Kier molecular flexibility index (Phi) is 4.17. The van der Waals surface area contributed by atoms with E-state index in [1.54, 1.807) is 0 Å².